The molecule has 1 aromatic carbocycles. The van der Waals surface area contributed by atoms with Crippen LogP contribution in [0.15, 0.2) is 24.3 Å². The Labute approximate surface area is 98.0 Å². The van der Waals surface area contributed by atoms with Crippen LogP contribution < -0.4 is 0 Å². The summed E-state index contributed by atoms with van der Waals surface area (Å²) in [6.07, 6.45) is 0. The van der Waals surface area contributed by atoms with Crippen LogP contribution in [0, 0.1) is 6.92 Å². The van der Waals surface area contributed by atoms with Gasteiger partial charge >= 0.3 is 5.97 Å². The van der Waals surface area contributed by atoms with E-state index >= 15 is 0 Å². The molecule has 0 saturated heterocycles. The monoisotopic (exact) mass is 235 g/mol. The minimum Gasteiger partial charge on any atom is -0.465 e. The van der Waals surface area contributed by atoms with Crippen molar-refractivity contribution in [3.63, 3.8) is 0 Å². The number of halogens is 1. The third-order valence-corrected chi connectivity index (χ3v) is 2.53. The van der Waals surface area contributed by atoms with Gasteiger partial charge in [0.05, 0.1) is 18.2 Å². The lowest BCUT2D eigenvalue weighted by atomic mass is 10.1. The highest BCUT2D eigenvalue weighted by Crippen LogP contribution is 2.22. The van der Waals surface area contributed by atoms with Gasteiger partial charge in [-0.1, -0.05) is 23.2 Å². The number of hydrogen-bond acceptors (Lipinski definition) is 3. The van der Waals surface area contributed by atoms with Crippen LogP contribution in [0.3, 0.4) is 0 Å². The summed E-state index contributed by atoms with van der Waals surface area (Å²) in [5.74, 6) is -0.403. The number of carbonyl (C=O) groups excluding carboxylic acids is 1. The summed E-state index contributed by atoms with van der Waals surface area (Å²) >= 11 is 5.85. The zero-order chi connectivity index (χ0) is 11.7. The Hall–Kier alpha value is -1.61. The largest absolute Gasteiger partial charge is 0.465 e. The second-order valence-corrected chi connectivity index (χ2v) is 3.89. The fourth-order valence-corrected chi connectivity index (χ4v) is 1.79. The van der Waals surface area contributed by atoms with E-state index in [0.717, 1.165) is 10.9 Å². The quantitative estimate of drug-likeness (QED) is 0.564. The first kappa shape index (κ1) is 10.9. The van der Waals surface area contributed by atoms with E-state index in [9.17, 15) is 4.79 Å². The van der Waals surface area contributed by atoms with Crippen molar-refractivity contribution >= 4 is 28.5 Å². The third kappa shape index (κ3) is 1.86. The van der Waals surface area contributed by atoms with Crippen molar-refractivity contribution in [2.24, 2.45) is 0 Å². The zero-order valence-corrected chi connectivity index (χ0v) is 9.71. The maximum Gasteiger partial charge on any atom is 0.338 e. The van der Waals surface area contributed by atoms with E-state index in [4.69, 9.17) is 16.3 Å². The van der Waals surface area contributed by atoms with Gasteiger partial charge in [0, 0.05) is 5.39 Å². The highest BCUT2D eigenvalue weighted by molar-refractivity contribution is 6.30. The number of carbonyl (C=O) groups is 1. The zero-order valence-electron chi connectivity index (χ0n) is 8.95. The molecule has 0 saturated carbocycles. The van der Waals surface area contributed by atoms with Crippen LogP contribution in [-0.2, 0) is 4.74 Å². The lowest BCUT2D eigenvalue weighted by molar-refractivity contribution is 0.0603. The molecule has 0 aliphatic heterocycles. The van der Waals surface area contributed by atoms with Gasteiger partial charge in [0.1, 0.15) is 5.15 Å². The van der Waals surface area contributed by atoms with Crippen LogP contribution >= 0.6 is 11.6 Å². The topological polar surface area (TPSA) is 39.2 Å². The number of hydrogen-bond donors (Lipinski definition) is 0. The minimum atomic E-state index is -0.403. The number of rotatable bonds is 1. The van der Waals surface area contributed by atoms with Gasteiger partial charge in [-0.25, -0.2) is 9.78 Å². The van der Waals surface area contributed by atoms with Crippen molar-refractivity contribution in [1.29, 1.82) is 0 Å². The summed E-state index contributed by atoms with van der Waals surface area (Å²) in [5.41, 5.74) is 2.20. The molecule has 3 nitrogen and oxygen atoms in total. The molecule has 0 amide bonds. The van der Waals surface area contributed by atoms with E-state index in [1.165, 1.54) is 13.2 Å². The first-order valence-electron chi connectivity index (χ1n) is 4.77. The summed E-state index contributed by atoms with van der Waals surface area (Å²) < 4.78 is 4.71. The molecule has 16 heavy (non-hydrogen) atoms. The highest BCUT2D eigenvalue weighted by atomic mass is 35.5. The molecule has 0 unspecified atom stereocenters. The first-order chi connectivity index (χ1) is 7.61. The Kier molecular flexibility index (Phi) is 2.79. The van der Waals surface area contributed by atoms with Gasteiger partial charge in [-0.15, -0.1) is 0 Å². The minimum absolute atomic E-state index is 0.289. The standard InChI is InChI=1S/C12H10ClNO2/c1-7-3-4-10-8(5-7)9(12(15)16-2)6-11(13)14-10/h3-6H,1-2H3. The van der Waals surface area contributed by atoms with Crippen LogP contribution in [0.25, 0.3) is 10.9 Å². The van der Waals surface area contributed by atoms with Crippen LogP contribution in [0.4, 0.5) is 0 Å². The van der Waals surface area contributed by atoms with Crippen molar-refractivity contribution < 1.29 is 9.53 Å². The molecule has 0 bridgehead atoms. The maximum absolute atomic E-state index is 11.6. The first-order valence-corrected chi connectivity index (χ1v) is 5.15. The van der Waals surface area contributed by atoms with Gasteiger partial charge in [0.15, 0.2) is 0 Å². The van der Waals surface area contributed by atoms with E-state index in [1.54, 1.807) is 0 Å². The summed E-state index contributed by atoms with van der Waals surface area (Å²) in [4.78, 5) is 15.7. The molecular weight excluding hydrogens is 226 g/mol. The van der Waals surface area contributed by atoms with Crippen molar-refractivity contribution in [3.8, 4) is 0 Å². The molecule has 0 fully saturated rings. The number of pyridine rings is 1. The molecule has 82 valence electrons. The Morgan fingerprint density at radius 3 is 2.81 bits per heavy atom. The highest BCUT2D eigenvalue weighted by Gasteiger charge is 2.12. The van der Waals surface area contributed by atoms with E-state index in [-0.39, 0.29) is 5.15 Å². The van der Waals surface area contributed by atoms with Crippen LogP contribution in [0.2, 0.25) is 5.15 Å². The number of aromatic nitrogens is 1. The number of ether oxygens (including phenoxy) is 1. The van der Waals surface area contributed by atoms with Crippen LogP contribution in [0.5, 0.6) is 0 Å². The van der Waals surface area contributed by atoms with Crippen LogP contribution in [-0.4, -0.2) is 18.1 Å². The lowest BCUT2D eigenvalue weighted by Crippen LogP contribution is -2.03. The van der Waals surface area contributed by atoms with Crippen LogP contribution in [0.1, 0.15) is 15.9 Å². The Morgan fingerprint density at radius 1 is 1.38 bits per heavy atom. The molecule has 0 spiro atoms. The van der Waals surface area contributed by atoms with Gasteiger partial charge in [-0.05, 0) is 25.1 Å². The van der Waals surface area contributed by atoms with Gasteiger partial charge in [-0.3, -0.25) is 0 Å². The Morgan fingerprint density at radius 2 is 2.12 bits per heavy atom. The number of methoxy groups -OCH3 is 1. The predicted molar refractivity (Wildman–Crippen MR) is 62.8 cm³/mol. The summed E-state index contributed by atoms with van der Waals surface area (Å²) in [7, 11) is 1.35. The Balaban J connectivity index is 2.79. The van der Waals surface area contributed by atoms with E-state index in [1.807, 2.05) is 25.1 Å². The molecular formula is C12H10ClNO2. The lowest BCUT2D eigenvalue weighted by Gasteiger charge is -2.05. The molecule has 2 rings (SSSR count). The molecule has 0 aliphatic carbocycles. The molecule has 2 aromatic rings. The smallest absolute Gasteiger partial charge is 0.338 e. The number of nitrogens with zero attached hydrogens (tertiary/aromatic N) is 1. The average Bonchev–Trinajstić information content (AvgIpc) is 2.27. The average molecular weight is 236 g/mol. The molecule has 0 N–H and O–H groups in total. The summed E-state index contributed by atoms with van der Waals surface area (Å²) in [6, 6.07) is 7.18. The number of aryl methyl sites for hydroxylation is 1. The molecule has 0 radical (unpaired) electrons. The van der Waals surface area contributed by atoms with Gasteiger partial charge < -0.3 is 4.74 Å². The SMILES string of the molecule is COC(=O)c1cc(Cl)nc2ccc(C)cc12. The predicted octanol–water partition coefficient (Wildman–Crippen LogP) is 2.98. The summed E-state index contributed by atoms with van der Waals surface area (Å²) in [5, 5.41) is 1.05. The van der Waals surface area contributed by atoms with Gasteiger partial charge in [0.25, 0.3) is 0 Å². The molecule has 0 aliphatic rings. The third-order valence-electron chi connectivity index (χ3n) is 2.34. The maximum atomic E-state index is 11.6. The molecule has 4 heteroatoms. The fourth-order valence-electron chi connectivity index (χ4n) is 1.59. The van der Waals surface area contributed by atoms with E-state index < -0.39 is 5.97 Å². The molecule has 1 aromatic heterocycles. The van der Waals surface area contributed by atoms with E-state index in [0.29, 0.717) is 11.1 Å². The number of esters is 1. The Bertz CT molecular complexity index is 566. The van der Waals surface area contributed by atoms with E-state index in [2.05, 4.69) is 4.98 Å². The molecule has 1 heterocycles. The van der Waals surface area contributed by atoms with Crippen molar-refractivity contribution in [2.45, 2.75) is 6.92 Å². The van der Waals surface area contributed by atoms with Gasteiger partial charge in [0.2, 0.25) is 0 Å². The summed E-state index contributed by atoms with van der Waals surface area (Å²) in [6.45, 7) is 1.95. The fraction of sp³-hybridized carbons (Fsp3) is 0.167. The molecule has 0 atom stereocenters. The van der Waals surface area contributed by atoms with Crippen molar-refractivity contribution in [3.05, 3.63) is 40.5 Å². The normalized spacial score (nSPS) is 10.4. The second-order valence-electron chi connectivity index (χ2n) is 3.50. The van der Waals surface area contributed by atoms with Crippen molar-refractivity contribution in [2.75, 3.05) is 7.11 Å². The second kappa shape index (κ2) is 4.10. The number of fused-ring (bicyclic) bond motifs is 1. The number of benzene rings is 1. The van der Waals surface area contributed by atoms with Gasteiger partial charge in [-0.2, -0.15) is 0 Å². The van der Waals surface area contributed by atoms with Crippen molar-refractivity contribution in [1.82, 2.24) is 4.98 Å².